The Hall–Kier alpha value is -0.120. The van der Waals surface area contributed by atoms with Crippen LogP contribution in [0.25, 0.3) is 0 Å². The Kier molecular flexibility index (Phi) is 5.93. The molecule has 1 saturated heterocycles. The normalized spacial score (nSPS) is 27.3. The SMILES string of the molecule is CCCNC(CN1CCCC(OCC)C1)C1CC1. The largest absolute Gasteiger partial charge is 0.377 e. The number of hydrogen-bond donors (Lipinski definition) is 1. The Morgan fingerprint density at radius 1 is 1.28 bits per heavy atom. The average Bonchev–Trinajstić information content (AvgIpc) is 3.19. The number of likely N-dealkylation sites (tertiary alicyclic amines) is 1. The highest BCUT2D eigenvalue weighted by Crippen LogP contribution is 2.33. The van der Waals surface area contributed by atoms with E-state index in [4.69, 9.17) is 4.74 Å². The highest BCUT2D eigenvalue weighted by Gasteiger charge is 2.33. The van der Waals surface area contributed by atoms with E-state index in [1.54, 1.807) is 0 Å². The minimum atomic E-state index is 0.481. The van der Waals surface area contributed by atoms with E-state index in [0.29, 0.717) is 6.10 Å². The molecule has 1 saturated carbocycles. The van der Waals surface area contributed by atoms with Crippen molar-refractivity contribution in [1.29, 1.82) is 0 Å². The van der Waals surface area contributed by atoms with Crippen LogP contribution in [0.1, 0.15) is 46.0 Å². The lowest BCUT2D eigenvalue weighted by molar-refractivity contribution is 0.00293. The summed E-state index contributed by atoms with van der Waals surface area (Å²) in [4.78, 5) is 2.62. The minimum absolute atomic E-state index is 0.481. The summed E-state index contributed by atoms with van der Waals surface area (Å²) in [6.45, 7) is 10.0. The Bertz CT molecular complexity index is 229. The number of ether oxygens (including phenoxy) is 1. The second-order valence-electron chi connectivity index (χ2n) is 5.88. The molecule has 1 N–H and O–H groups in total. The van der Waals surface area contributed by atoms with Crippen molar-refractivity contribution in [2.75, 3.05) is 32.8 Å². The van der Waals surface area contributed by atoms with Gasteiger partial charge in [0.25, 0.3) is 0 Å². The molecule has 106 valence electrons. The molecule has 3 heteroatoms. The summed E-state index contributed by atoms with van der Waals surface area (Å²) in [5.74, 6) is 0.948. The van der Waals surface area contributed by atoms with Gasteiger partial charge in [-0.1, -0.05) is 6.92 Å². The van der Waals surface area contributed by atoms with Crippen molar-refractivity contribution in [2.45, 2.75) is 58.1 Å². The fraction of sp³-hybridized carbons (Fsp3) is 1.00. The van der Waals surface area contributed by atoms with Crippen molar-refractivity contribution in [3.63, 3.8) is 0 Å². The smallest absolute Gasteiger partial charge is 0.0702 e. The van der Waals surface area contributed by atoms with Gasteiger partial charge in [0.2, 0.25) is 0 Å². The predicted molar refractivity (Wildman–Crippen MR) is 75.9 cm³/mol. The summed E-state index contributed by atoms with van der Waals surface area (Å²) in [6.07, 6.45) is 7.14. The van der Waals surface area contributed by atoms with E-state index in [1.807, 2.05) is 0 Å². The predicted octanol–water partition coefficient (Wildman–Crippen LogP) is 2.27. The molecule has 0 spiro atoms. The minimum Gasteiger partial charge on any atom is -0.377 e. The van der Waals surface area contributed by atoms with Gasteiger partial charge in [0.05, 0.1) is 6.10 Å². The van der Waals surface area contributed by atoms with Crippen LogP contribution in [0, 0.1) is 5.92 Å². The third-order valence-corrected chi connectivity index (χ3v) is 4.17. The molecule has 0 radical (unpaired) electrons. The molecule has 0 aromatic rings. The van der Waals surface area contributed by atoms with E-state index in [0.717, 1.165) is 25.1 Å². The molecule has 1 aliphatic heterocycles. The number of nitrogens with zero attached hydrogens (tertiary/aromatic N) is 1. The van der Waals surface area contributed by atoms with Crippen LogP contribution in [-0.2, 0) is 4.74 Å². The van der Waals surface area contributed by atoms with Gasteiger partial charge < -0.3 is 10.1 Å². The Morgan fingerprint density at radius 2 is 2.11 bits per heavy atom. The van der Waals surface area contributed by atoms with Gasteiger partial charge in [-0.15, -0.1) is 0 Å². The fourth-order valence-corrected chi connectivity index (χ4v) is 3.04. The molecule has 18 heavy (non-hydrogen) atoms. The number of rotatable bonds is 8. The molecule has 2 rings (SSSR count). The fourth-order valence-electron chi connectivity index (χ4n) is 3.04. The van der Waals surface area contributed by atoms with E-state index in [9.17, 15) is 0 Å². The summed E-state index contributed by atoms with van der Waals surface area (Å²) >= 11 is 0. The molecule has 3 nitrogen and oxygen atoms in total. The van der Waals surface area contributed by atoms with Gasteiger partial charge in [0.15, 0.2) is 0 Å². The molecule has 0 bridgehead atoms. The van der Waals surface area contributed by atoms with Crippen LogP contribution in [-0.4, -0.2) is 49.8 Å². The van der Waals surface area contributed by atoms with Gasteiger partial charge in [-0.2, -0.15) is 0 Å². The number of piperidine rings is 1. The summed E-state index contributed by atoms with van der Waals surface area (Å²) in [7, 11) is 0. The first-order valence-corrected chi connectivity index (χ1v) is 7.90. The number of hydrogen-bond acceptors (Lipinski definition) is 3. The summed E-state index contributed by atoms with van der Waals surface area (Å²) < 4.78 is 5.79. The molecule has 2 unspecified atom stereocenters. The maximum absolute atomic E-state index is 5.79. The molecule has 2 fully saturated rings. The van der Waals surface area contributed by atoms with Gasteiger partial charge >= 0.3 is 0 Å². The summed E-state index contributed by atoms with van der Waals surface area (Å²) in [5, 5.41) is 3.74. The Balaban J connectivity index is 1.75. The zero-order valence-electron chi connectivity index (χ0n) is 12.2. The van der Waals surface area contributed by atoms with Crippen molar-refractivity contribution in [3.8, 4) is 0 Å². The Labute approximate surface area is 112 Å². The molecule has 0 amide bonds. The van der Waals surface area contributed by atoms with Crippen LogP contribution in [0.3, 0.4) is 0 Å². The van der Waals surface area contributed by atoms with Gasteiger partial charge in [0.1, 0.15) is 0 Å². The van der Waals surface area contributed by atoms with Crippen molar-refractivity contribution in [3.05, 3.63) is 0 Å². The third kappa shape index (κ3) is 4.52. The van der Waals surface area contributed by atoms with E-state index in [-0.39, 0.29) is 0 Å². The summed E-state index contributed by atoms with van der Waals surface area (Å²) in [6, 6.07) is 0.727. The van der Waals surface area contributed by atoms with Gasteiger partial charge in [0, 0.05) is 25.7 Å². The first-order chi connectivity index (χ1) is 8.83. The lowest BCUT2D eigenvalue weighted by atomic mass is 10.1. The second-order valence-corrected chi connectivity index (χ2v) is 5.88. The third-order valence-electron chi connectivity index (χ3n) is 4.17. The van der Waals surface area contributed by atoms with Crippen LogP contribution >= 0.6 is 0 Å². The highest BCUT2D eigenvalue weighted by atomic mass is 16.5. The van der Waals surface area contributed by atoms with Gasteiger partial charge in [-0.3, -0.25) is 4.90 Å². The maximum atomic E-state index is 5.79. The lowest BCUT2D eigenvalue weighted by Crippen LogP contribution is -2.48. The first kappa shape index (κ1) is 14.3. The first-order valence-electron chi connectivity index (χ1n) is 7.90. The molecule has 0 aromatic heterocycles. The molecule has 2 atom stereocenters. The zero-order valence-corrected chi connectivity index (χ0v) is 12.2. The molecule has 1 heterocycles. The monoisotopic (exact) mass is 254 g/mol. The number of nitrogens with one attached hydrogen (secondary N) is 1. The maximum Gasteiger partial charge on any atom is 0.0702 e. The van der Waals surface area contributed by atoms with Gasteiger partial charge in [-0.25, -0.2) is 0 Å². The molecule has 2 aliphatic rings. The van der Waals surface area contributed by atoms with Crippen molar-refractivity contribution in [2.24, 2.45) is 5.92 Å². The standard InChI is InChI=1S/C15H30N2O/c1-3-9-16-15(13-7-8-13)12-17-10-5-6-14(11-17)18-4-2/h13-16H,3-12H2,1-2H3. The second kappa shape index (κ2) is 7.46. The van der Waals surface area contributed by atoms with Crippen LogP contribution in [0.2, 0.25) is 0 Å². The van der Waals surface area contributed by atoms with E-state index in [1.165, 1.54) is 51.7 Å². The molecular weight excluding hydrogens is 224 g/mol. The van der Waals surface area contributed by atoms with Crippen LogP contribution in [0.15, 0.2) is 0 Å². The zero-order chi connectivity index (χ0) is 12.8. The lowest BCUT2D eigenvalue weighted by Gasteiger charge is -2.35. The molecule has 1 aliphatic carbocycles. The topological polar surface area (TPSA) is 24.5 Å². The summed E-state index contributed by atoms with van der Waals surface area (Å²) in [5.41, 5.74) is 0. The van der Waals surface area contributed by atoms with E-state index < -0.39 is 0 Å². The Morgan fingerprint density at radius 3 is 2.78 bits per heavy atom. The highest BCUT2D eigenvalue weighted by molar-refractivity contribution is 4.89. The van der Waals surface area contributed by atoms with Crippen molar-refractivity contribution >= 4 is 0 Å². The molecular formula is C15H30N2O. The van der Waals surface area contributed by atoms with Crippen molar-refractivity contribution in [1.82, 2.24) is 10.2 Å². The van der Waals surface area contributed by atoms with Crippen LogP contribution < -0.4 is 5.32 Å². The van der Waals surface area contributed by atoms with Crippen LogP contribution in [0.4, 0.5) is 0 Å². The van der Waals surface area contributed by atoms with Crippen molar-refractivity contribution < 1.29 is 4.74 Å². The quantitative estimate of drug-likeness (QED) is 0.719. The van der Waals surface area contributed by atoms with E-state index in [2.05, 4.69) is 24.1 Å². The van der Waals surface area contributed by atoms with Crippen LogP contribution in [0.5, 0.6) is 0 Å². The van der Waals surface area contributed by atoms with E-state index >= 15 is 0 Å². The molecule has 0 aromatic carbocycles. The van der Waals surface area contributed by atoms with Gasteiger partial charge in [-0.05, 0) is 58.0 Å². The average molecular weight is 254 g/mol.